The molecule has 0 spiro atoms. The van der Waals surface area contributed by atoms with E-state index >= 15 is 0 Å². The molecule has 5 rings (SSSR count). The third kappa shape index (κ3) is 5.47. The molecule has 2 fully saturated rings. The maximum atomic E-state index is 13.9. The van der Waals surface area contributed by atoms with Gasteiger partial charge in [-0.3, -0.25) is 18.7 Å². The average Bonchev–Trinajstić information content (AvgIpc) is 3.75. The fraction of sp³-hybridized carbons (Fsp3) is 0.414. The molecule has 2 aliphatic rings. The number of rotatable bonds is 6. The van der Waals surface area contributed by atoms with Crippen molar-refractivity contribution in [2.24, 2.45) is 5.92 Å². The summed E-state index contributed by atoms with van der Waals surface area (Å²) in [5.74, 6) is -0.764. The molecule has 10 nitrogen and oxygen atoms in total. The van der Waals surface area contributed by atoms with Gasteiger partial charge < -0.3 is 15.5 Å². The van der Waals surface area contributed by atoms with Gasteiger partial charge in [0.1, 0.15) is 11.9 Å². The first-order valence-electron chi connectivity index (χ1n) is 13.5. The van der Waals surface area contributed by atoms with Gasteiger partial charge in [-0.15, -0.1) is 0 Å². The Bertz CT molecular complexity index is 1650. The summed E-state index contributed by atoms with van der Waals surface area (Å²) in [4.78, 5) is 54.0. The molecule has 1 aromatic heterocycles. The predicted octanol–water partition coefficient (Wildman–Crippen LogP) is 3.59. The number of carbonyl (C=O) groups excluding carboxylic acids is 2. The first-order valence-corrected chi connectivity index (χ1v) is 13.5. The minimum atomic E-state index is -0.718. The van der Waals surface area contributed by atoms with Gasteiger partial charge in [-0.25, -0.2) is 14.0 Å². The Morgan fingerprint density at radius 2 is 1.90 bits per heavy atom. The second-order valence-corrected chi connectivity index (χ2v) is 10.8. The van der Waals surface area contributed by atoms with Gasteiger partial charge >= 0.3 is 11.7 Å². The number of nitriles is 1. The quantitative estimate of drug-likeness (QED) is 0.488. The SMILES string of the molecule is CC(C)n1c(=O)n(CC2CC2)c(=O)c2cc(C(=O)N[C@H]3CCCN(C(=O)Nc4ccc(C#N)c(F)c4)C3)ccc21. The van der Waals surface area contributed by atoms with Crippen LogP contribution in [0.5, 0.6) is 0 Å². The highest BCUT2D eigenvalue weighted by molar-refractivity contribution is 5.98. The summed E-state index contributed by atoms with van der Waals surface area (Å²) in [5, 5.41) is 14.8. The van der Waals surface area contributed by atoms with Crippen molar-refractivity contribution in [1.29, 1.82) is 5.26 Å². The first-order chi connectivity index (χ1) is 19.2. The van der Waals surface area contributed by atoms with Gasteiger partial charge in [-0.1, -0.05) is 0 Å². The van der Waals surface area contributed by atoms with Gasteiger partial charge in [-0.05, 0) is 81.8 Å². The van der Waals surface area contributed by atoms with E-state index < -0.39 is 17.4 Å². The number of hydrogen-bond acceptors (Lipinski definition) is 5. The topological polar surface area (TPSA) is 129 Å². The number of anilines is 1. The van der Waals surface area contributed by atoms with Gasteiger partial charge in [-0.2, -0.15) is 5.26 Å². The second kappa shape index (κ2) is 11.0. The van der Waals surface area contributed by atoms with Crippen LogP contribution in [0.4, 0.5) is 14.9 Å². The molecular weight excluding hydrogens is 515 g/mol. The Hall–Kier alpha value is -4.46. The maximum absolute atomic E-state index is 13.9. The lowest BCUT2D eigenvalue weighted by Gasteiger charge is -2.33. The standard InChI is InChI=1S/C29H31FN6O4/c1-17(2)36-25-10-8-19(12-23(25)27(38)35(29(36)40)15-18-5-6-18)26(37)32-22-4-3-11-34(16-22)28(39)33-21-9-7-20(14-31)24(30)13-21/h7-10,12-13,17-18,22H,3-6,11,15-16H2,1-2H3,(H,32,37)(H,33,39)/t22-/m0/s1. The smallest absolute Gasteiger partial charge is 0.331 e. The van der Waals surface area contributed by atoms with E-state index in [9.17, 15) is 23.6 Å². The normalized spacial score (nSPS) is 17.1. The molecule has 1 atom stereocenters. The average molecular weight is 547 g/mol. The molecule has 0 bridgehead atoms. The van der Waals surface area contributed by atoms with E-state index in [-0.39, 0.29) is 41.5 Å². The number of nitrogens with one attached hydrogen (secondary N) is 2. The zero-order valence-corrected chi connectivity index (χ0v) is 22.4. The molecule has 3 amide bonds. The number of amides is 3. The van der Waals surface area contributed by atoms with Crippen molar-refractivity contribution in [2.45, 2.75) is 58.2 Å². The minimum Gasteiger partial charge on any atom is -0.348 e. The third-order valence-electron chi connectivity index (χ3n) is 7.47. The molecule has 0 radical (unpaired) electrons. The number of fused-ring (bicyclic) bond motifs is 1. The summed E-state index contributed by atoms with van der Waals surface area (Å²) in [6.07, 6.45) is 3.31. The number of piperidine rings is 1. The Morgan fingerprint density at radius 1 is 1.12 bits per heavy atom. The third-order valence-corrected chi connectivity index (χ3v) is 7.47. The number of nitrogens with zero attached hydrogens (tertiary/aromatic N) is 4. The number of likely N-dealkylation sites (tertiary alicyclic amines) is 1. The Labute approximate surface area is 230 Å². The van der Waals surface area contributed by atoms with Crippen molar-refractivity contribution in [3.05, 3.63) is 74.2 Å². The highest BCUT2D eigenvalue weighted by atomic mass is 19.1. The molecule has 1 aliphatic carbocycles. The van der Waals surface area contributed by atoms with Crippen LogP contribution in [0.15, 0.2) is 46.0 Å². The lowest BCUT2D eigenvalue weighted by Crippen LogP contribution is -2.50. The molecule has 3 aromatic rings. The maximum Gasteiger partial charge on any atom is 0.331 e. The minimum absolute atomic E-state index is 0.109. The molecule has 2 aromatic carbocycles. The number of halogens is 1. The zero-order chi connectivity index (χ0) is 28.6. The Kier molecular flexibility index (Phi) is 7.43. The van der Waals surface area contributed by atoms with E-state index in [0.29, 0.717) is 48.3 Å². The van der Waals surface area contributed by atoms with Gasteiger partial charge in [0.2, 0.25) is 0 Å². The predicted molar refractivity (Wildman–Crippen MR) is 148 cm³/mol. The van der Waals surface area contributed by atoms with E-state index in [2.05, 4.69) is 10.6 Å². The van der Waals surface area contributed by atoms with E-state index in [1.165, 1.54) is 16.7 Å². The van der Waals surface area contributed by atoms with Crippen molar-refractivity contribution < 1.29 is 14.0 Å². The van der Waals surface area contributed by atoms with E-state index in [0.717, 1.165) is 18.9 Å². The molecule has 2 N–H and O–H groups in total. The lowest BCUT2D eigenvalue weighted by atomic mass is 10.0. The summed E-state index contributed by atoms with van der Waals surface area (Å²) >= 11 is 0. The zero-order valence-electron chi connectivity index (χ0n) is 22.4. The molecule has 2 heterocycles. The molecule has 40 heavy (non-hydrogen) atoms. The molecule has 1 aliphatic heterocycles. The van der Waals surface area contributed by atoms with E-state index in [1.807, 2.05) is 13.8 Å². The molecule has 208 valence electrons. The van der Waals surface area contributed by atoms with Gasteiger partial charge in [0.25, 0.3) is 11.5 Å². The van der Waals surface area contributed by atoms with Crippen molar-refractivity contribution in [1.82, 2.24) is 19.4 Å². The monoisotopic (exact) mass is 546 g/mol. The Balaban J connectivity index is 1.32. The van der Waals surface area contributed by atoms with Gasteiger partial charge in [0, 0.05) is 43.0 Å². The van der Waals surface area contributed by atoms with Crippen LogP contribution in [0.25, 0.3) is 10.9 Å². The summed E-state index contributed by atoms with van der Waals surface area (Å²) in [7, 11) is 0. The summed E-state index contributed by atoms with van der Waals surface area (Å²) in [6, 6.07) is 9.46. The number of aromatic nitrogens is 2. The van der Waals surface area contributed by atoms with Crippen LogP contribution in [-0.4, -0.2) is 45.1 Å². The molecule has 1 saturated carbocycles. The van der Waals surface area contributed by atoms with Gasteiger partial charge in [0.15, 0.2) is 0 Å². The summed E-state index contributed by atoms with van der Waals surface area (Å²) in [6.45, 7) is 4.88. The van der Waals surface area contributed by atoms with Crippen molar-refractivity contribution in [3.8, 4) is 6.07 Å². The van der Waals surface area contributed by atoms with Crippen LogP contribution >= 0.6 is 0 Å². The fourth-order valence-electron chi connectivity index (χ4n) is 5.18. The molecule has 11 heteroatoms. The summed E-state index contributed by atoms with van der Waals surface area (Å²) in [5.41, 5.74) is 0.191. The van der Waals surface area contributed by atoms with E-state index in [1.54, 1.807) is 33.7 Å². The van der Waals surface area contributed by atoms with Crippen molar-refractivity contribution in [3.63, 3.8) is 0 Å². The van der Waals surface area contributed by atoms with Gasteiger partial charge in [0.05, 0.1) is 16.5 Å². The van der Waals surface area contributed by atoms with Crippen LogP contribution in [0.1, 0.15) is 61.5 Å². The second-order valence-electron chi connectivity index (χ2n) is 10.8. The number of benzene rings is 2. The highest BCUT2D eigenvalue weighted by Crippen LogP contribution is 2.30. The number of hydrogen-bond donors (Lipinski definition) is 2. The van der Waals surface area contributed by atoms with Crippen LogP contribution in [0, 0.1) is 23.1 Å². The largest absolute Gasteiger partial charge is 0.348 e. The number of urea groups is 1. The molecular formula is C29H31FN6O4. The van der Waals surface area contributed by atoms with Crippen molar-refractivity contribution >= 4 is 28.5 Å². The fourth-order valence-corrected chi connectivity index (χ4v) is 5.18. The Morgan fingerprint density at radius 3 is 2.58 bits per heavy atom. The summed E-state index contributed by atoms with van der Waals surface area (Å²) < 4.78 is 16.8. The van der Waals surface area contributed by atoms with Crippen LogP contribution in [0.3, 0.4) is 0 Å². The van der Waals surface area contributed by atoms with Crippen LogP contribution < -0.4 is 21.9 Å². The molecule has 1 saturated heterocycles. The van der Waals surface area contributed by atoms with E-state index in [4.69, 9.17) is 5.26 Å². The first kappa shape index (κ1) is 27.1. The molecule has 0 unspecified atom stereocenters. The van der Waals surface area contributed by atoms with Crippen molar-refractivity contribution in [2.75, 3.05) is 18.4 Å². The highest BCUT2D eigenvalue weighted by Gasteiger charge is 2.27. The number of carbonyl (C=O) groups is 2. The van der Waals surface area contributed by atoms with Crippen LogP contribution in [0.2, 0.25) is 0 Å². The van der Waals surface area contributed by atoms with Crippen LogP contribution in [-0.2, 0) is 6.54 Å². The lowest BCUT2D eigenvalue weighted by molar-refractivity contribution is 0.0913.